The monoisotopic (exact) mass is 170 g/mol. The Kier molecular flexibility index (Phi) is 2.63. The molecule has 3 heteroatoms. The molecule has 0 radical (unpaired) electrons. The molecule has 0 aromatic carbocycles. The quantitative estimate of drug-likeness (QED) is 0.596. The minimum atomic E-state index is 0.219. The second-order valence-electron chi connectivity index (χ2n) is 3.95. The molecular formula is C9H18N2O. The Balaban J connectivity index is 1.77. The van der Waals surface area contributed by atoms with Gasteiger partial charge in [0.25, 0.3) is 0 Å². The molecule has 0 aromatic heterocycles. The van der Waals surface area contributed by atoms with Crippen molar-refractivity contribution in [1.29, 1.82) is 0 Å². The SMILES string of the molecule is NC1CCCCC(CC2CO2)N1. The predicted octanol–water partition coefficient (Wildman–Crippen LogP) is 0.592. The molecule has 2 saturated heterocycles. The van der Waals surface area contributed by atoms with E-state index in [9.17, 15) is 0 Å². The van der Waals surface area contributed by atoms with Crippen LogP contribution < -0.4 is 11.1 Å². The van der Waals surface area contributed by atoms with Crippen molar-refractivity contribution in [1.82, 2.24) is 5.32 Å². The van der Waals surface area contributed by atoms with Crippen LogP contribution in [0, 0.1) is 0 Å². The van der Waals surface area contributed by atoms with Gasteiger partial charge >= 0.3 is 0 Å². The Morgan fingerprint density at radius 3 is 2.83 bits per heavy atom. The highest BCUT2D eigenvalue weighted by Gasteiger charge is 2.27. The lowest BCUT2D eigenvalue weighted by molar-refractivity contribution is 0.341. The average Bonchev–Trinajstić information content (AvgIpc) is 2.80. The molecule has 0 amide bonds. The van der Waals surface area contributed by atoms with Gasteiger partial charge in [-0.25, -0.2) is 0 Å². The van der Waals surface area contributed by atoms with E-state index in [2.05, 4.69) is 5.32 Å². The lowest BCUT2D eigenvalue weighted by Gasteiger charge is -2.18. The first-order valence-corrected chi connectivity index (χ1v) is 4.98. The number of ether oxygens (including phenoxy) is 1. The average molecular weight is 170 g/mol. The molecule has 2 aliphatic rings. The zero-order valence-electron chi connectivity index (χ0n) is 7.46. The van der Waals surface area contributed by atoms with Crippen molar-refractivity contribution in [2.24, 2.45) is 5.73 Å². The van der Waals surface area contributed by atoms with Crippen molar-refractivity contribution in [2.75, 3.05) is 6.61 Å². The van der Waals surface area contributed by atoms with Crippen LogP contribution in [0.2, 0.25) is 0 Å². The van der Waals surface area contributed by atoms with Crippen molar-refractivity contribution in [3.63, 3.8) is 0 Å². The Labute approximate surface area is 73.7 Å². The summed E-state index contributed by atoms with van der Waals surface area (Å²) in [5.74, 6) is 0. The summed E-state index contributed by atoms with van der Waals surface area (Å²) in [5, 5.41) is 3.45. The molecule has 0 aromatic rings. The summed E-state index contributed by atoms with van der Waals surface area (Å²) in [6.07, 6.45) is 6.90. The van der Waals surface area contributed by atoms with Crippen LogP contribution in [0.4, 0.5) is 0 Å². The van der Waals surface area contributed by atoms with Crippen LogP contribution in [0.3, 0.4) is 0 Å². The van der Waals surface area contributed by atoms with E-state index in [1.165, 1.54) is 19.3 Å². The van der Waals surface area contributed by atoms with Crippen LogP contribution in [-0.4, -0.2) is 24.9 Å². The molecule has 2 aliphatic heterocycles. The van der Waals surface area contributed by atoms with Crippen LogP contribution in [0.25, 0.3) is 0 Å². The van der Waals surface area contributed by atoms with Gasteiger partial charge in [0, 0.05) is 6.04 Å². The van der Waals surface area contributed by atoms with Crippen LogP contribution >= 0.6 is 0 Å². The molecule has 3 unspecified atom stereocenters. The van der Waals surface area contributed by atoms with Gasteiger partial charge in [0.05, 0.1) is 18.9 Å². The van der Waals surface area contributed by atoms with E-state index in [0.717, 1.165) is 19.4 Å². The molecule has 3 nitrogen and oxygen atoms in total. The van der Waals surface area contributed by atoms with E-state index >= 15 is 0 Å². The number of nitrogens with two attached hydrogens (primary N) is 1. The molecule has 2 heterocycles. The molecule has 0 saturated carbocycles. The third-order valence-corrected chi connectivity index (χ3v) is 2.72. The Morgan fingerprint density at radius 1 is 1.33 bits per heavy atom. The fourth-order valence-corrected chi connectivity index (χ4v) is 1.93. The van der Waals surface area contributed by atoms with Crippen molar-refractivity contribution < 1.29 is 4.74 Å². The van der Waals surface area contributed by atoms with Crippen molar-refractivity contribution in [3.05, 3.63) is 0 Å². The maximum absolute atomic E-state index is 5.87. The molecule has 3 atom stereocenters. The third kappa shape index (κ3) is 2.44. The number of hydrogen-bond acceptors (Lipinski definition) is 3. The molecule has 0 bridgehead atoms. The van der Waals surface area contributed by atoms with Crippen LogP contribution in [0.5, 0.6) is 0 Å². The predicted molar refractivity (Wildman–Crippen MR) is 47.7 cm³/mol. The first kappa shape index (κ1) is 8.48. The van der Waals surface area contributed by atoms with Gasteiger partial charge in [-0.1, -0.05) is 12.8 Å². The summed E-state index contributed by atoms with van der Waals surface area (Å²) in [7, 11) is 0. The van der Waals surface area contributed by atoms with Crippen molar-refractivity contribution >= 4 is 0 Å². The highest BCUT2D eigenvalue weighted by atomic mass is 16.6. The smallest absolute Gasteiger partial charge is 0.0824 e. The van der Waals surface area contributed by atoms with Gasteiger partial charge in [-0.3, -0.25) is 5.32 Å². The van der Waals surface area contributed by atoms with E-state index in [1.54, 1.807) is 0 Å². The molecule has 3 N–H and O–H groups in total. The van der Waals surface area contributed by atoms with Crippen molar-refractivity contribution in [3.8, 4) is 0 Å². The van der Waals surface area contributed by atoms with Gasteiger partial charge in [0.1, 0.15) is 0 Å². The van der Waals surface area contributed by atoms with Gasteiger partial charge in [0.15, 0.2) is 0 Å². The number of nitrogens with one attached hydrogen (secondary N) is 1. The van der Waals surface area contributed by atoms with Crippen LogP contribution in [-0.2, 0) is 4.74 Å². The molecular weight excluding hydrogens is 152 g/mol. The maximum Gasteiger partial charge on any atom is 0.0824 e. The maximum atomic E-state index is 5.87. The normalized spacial score (nSPS) is 42.2. The van der Waals surface area contributed by atoms with E-state index in [0.29, 0.717) is 12.1 Å². The van der Waals surface area contributed by atoms with Crippen LogP contribution in [0.15, 0.2) is 0 Å². The summed E-state index contributed by atoms with van der Waals surface area (Å²) < 4.78 is 5.21. The standard InChI is InChI=1S/C9H18N2O/c10-9-4-2-1-3-7(11-9)5-8-6-12-8/h7-9,11H,1-6,10H2. The van der Waals surface area contributed by atoms with Crippen LogP contribution in [0.1, 0.15) is 32.1 Å². The van der Waals surface area contributed by atoms with E-state index in [-0.39, 0.29) is 6.17 Å². The summed E-state index contributed by atoms with van der Waals surface area (Å²) in [6, 6.07) is 0.606. The van der Waals surface area contributed by atoms with E-state index in [1.807, 2.05) is 0 Å². The molecule has 0 spiro atoms. The first-order chi connectivity index (χ1) is 5.84. The zero-order chi connectivity index (χ0) is 8.39. The summed E-state index contributed by atoms with van der Waals surface area (Å²) >= 11 is 0. The zero-order valence-corrected chi connectivity index (χ0v) is 7.46. The van der Waals surface area contributed by atoms with E-state index in [4.69, 9.17) is 10.5 Å². The van der Waals surface area contributed by atoms with Gasteiger partial charge < -0.3 is 10.5 Å². The highest BCUT2D eigenvalue weighted by molar-refractivity contribution is 4.81. The van der Waals surface area contributed by atoms with Gasteiger partial charge in [-0.2, -0.15) is 0 Å². The third-order valence-electron chi connectivity index (χ3n) is 2.72. The van der Waals surface area contributed by atoms with Gasteiger partial charge in [0.2, 0.25) is 0 Å². The molecule has 0 aliphatic carbocycles. The summed E-state index contributed by atoms with van der Waals surface area (Å²) in [5.41, 5.74) is 5.87. The number of epoxide rings is 1. The summed E-state index contributed by atoms with van der Waals surface area (Å²) in [4.78, 5) is 0. The fourth-order valence-electron chi connectivity index (χ4n) is 1.93. The molecule has 12 heavy (non-hydrogen) atoms. The minimum absolute atomic E-state index is 0.219. The lowest BCUT2D eigenvalue weighted by atomic mass is 10.1. The number of rotatable bonds is 2. The number of hydrogen-bond donors (Lipinski definition) is 2. The summed E-state index contributed by atoms with van der Waals surface area (Å²) in [6.45, 7) is 0.966. The molecule has 2 fully saturated rings. The Bertz CT molecular complexity index is 147. The topological polar surface area (TPSA) is 50.6 Å². The first-order valence-electron chi connectivity index (χ1n) is 4.98. The van der Waals surface area contributed by atoms with Gasteiger partial charge in [-0.05, 0) is 19.3 Å². The second-order valence-corrected chi connectivity index (χ2v) is 3.95. The fraction of sp³-hybridized carbons (Fsp3) is 1.00. The van der Waals surface area contributed by atoms with Crippen molar-refractivity contribution in [2.45, 2.75) is 50.4 Å². The molecule has 70 valence electrons. The molecule has 2 rings (SSSR count). The minimum Gasteiger partial charge on any atom is -0.373 e. The Morgan fingerprint density at radius 2 is 2.08 bits per heavy atom. The Hall–Kier alpha value is -0.120. The highest BCUT2D eigenvalue weighted by Crippen LogP contribution is 2.20. The van der Waals surface area contributed by atoms with E-state index < -0.39 is 0 Å². The lowest BCUT2D eigenvalue weighted by Crippen LogP contribution is -2.43. The van der Waals surface area contributed by atoms with Gasteiger partial charge in [-0.15, -0.1) is 0 Å². The largest absolute Gasteiger partial charge is 0.373 e. The second kappa shape index (κ2) is 3.73.